The van der Waals surface area contributed by atoms with Gasteiger partial charge in [0.15, 0.2) is 5.69 Å². The Kier molecular flexibility index (Phi) is 6.01. The van der Waals surface area contributed by atoms with Gasteiger partial charge in [0.2, 0.25) is 0 Å². The maximum absolute atomic E-state index is 12.7. The lowest BCUT2D eigenvalue weighted by Gasteiger charge is -2.38. The van der Waals surface area contributed by atoms with E-state index in [1.807, 2.05) is 4.90 Å². The molecule has 2 fully saturated rings. The molecule has 0 bridgehead atoms. The Labute approximate surface area is 147 Å². The first kappa shape index (κ1) is 18.3. The zero-order valence-corrected chi connectivity index (χ0v) is 14.8. The number of rotatable bonds is 5. The van der Waals surface area contributed by atoms with Crippen molar-refractivity contribution in [3.8, 4) is 0 Å². The van der Waals surface area contributed by atoms with Crippen molar-refractivity contribution in [2.45, 2.75) is 38.3 Å². The van der Waals surface area contributed by atoms with Gasteiger partial charge in [-0.1, -0.05) is 0 Å². The van der Waals surface area contributed by atoms with E-state index in [4.69, 9.17) is 0 Å². The van der Waals surface area contributed by atoms with Gasteiger partial charge in [-0.25, -0.2) is 4.68 Å². The van der Waals surface area contributed by atoms with Crippen LogP contribution in [0.15, 0.2) is 12.3 Å². The van der Waals surface area contributed by atoms with Crippen LogP contribution in [0.2, 0.25) is 0 Å². The molecule has 6 nitrogen and oxygen atoms in total. The largest absolute Gasteiger partial charge is 0.334 e. The van der Waals surface area contributed by atoms with Gasteiger partial charge >= 0.3 is 6.55 Å². The Hall–Kier alpha value is -1.54. The van der Waals surface area contributed by atoms with Gasteiger partial charge in [-0.3, -0.25) is 4.79 Å². The number of piperidine rings is 1. The number of hydrogen-bond acceptors (Lipinski definition) is 4. The molecule has 0 saturated carbocycles. The first-order valence-electron chi connectivity index (χ1n) is 9.10. The SMILES string of the molecule is CN1CCN(CC[C@@H]2CCCCN2C(=O)c2ccn(C(F)F)n2)CC1. The predicted octanol–water partition coefficient (Wildman–Crippen LogP) is 1.91. The molecule has 2 saturated heterocycles. The van der Waals surface area contributed by atoms with Crippen LogP contribution in [0.25, 0.3) is 0 Å². The molecule has 0 unspecified atom stereocenters. The number of carbonyl (C=O) groups is 1. The van der Waals surface area contributed by atoms with E-state index in [0.717, 1.165) is 58.4 Å². The number of aromatic nitrogens is 2. The van der Waals surface area contributed by atoms with Gasteiger partial charge in [0.25, 0.3) is 5.91 Å². The van der Waals surface area contributed by atoms with Gasteiger partial charge in [0.05, 0.1) is 0 Å². The molecule has 1 amide bonds. The van der Waals surface area contributed by atoms with Crippen LogP contribution in [0.3, 0.4) is 0 Å². The highest BCUT2D eigenvalue weighted by atomic mass is 19.3. The summed E-state index contributed by atoms with van der Waals surface area (Å²) in [5.41, 5.74) is 0.117. The molecule has 8 heteroatoms. The van der Waals surface area contributed by atoms with Crippen LogP contribution < -0.4 is 0 Å². The second-order valence-corrected chi connectivity index (χ2v) is 7.04. The van der Waals surface area contributed by atoms with Crippen LogP contribution in [0.5, 0.6) is 0 Å². The Morgan fingerprint density at radius 3 is 2.68 bits per heavy atom. The molecule has 3 rings (SSSR count). The number of likely N-dealkylation sites (N-methyl/N-ethyl adjacent to an activating group) is 1. The van der Waals surface area contributed by atoms with E-state index >= 15 is 0 Å². The Bertz CT molecular complexity index is 571. The van der Waals surface area contributed by atoms with E-state index in [9.17, 15) is 13.6 Å². The molecule has 0 spiro atoms. The Balaban J connectivity index is 1.58. The van der Waals surface area contributed by atoms with Crippen LogP contribution >= 0.6 is 0 Å². The Morgan fingerprint density at radius 1 is 1.24 bits per heavy atom. The first-order chi connectivity index (χ1) is 12.0. The zero-order valence-electron chi connectivity index (χ0n) is 14.8. The monoisotopic (exact) mass is 355 g/mol. The number of hydrogen-bond donors (Lipinski definition) is 0. The van der Waals surface area contributed by atoms with Crippen molar-refractivity contribution in [2.24, 2.45) is 0 Å². The first-order valence-corrected chi connectivity index (χ1v) is 9.10. The molecule has 1 aromatic rings. The number of amides is 1. The van der Waals surface area contributed by atoms with Crippen molar-refractivity contribution < 1.29 is 13.6 Å². The minimum atomic E-state index is -2.71. The van der Waals surface area contributed by atoms with Crippen LogP contribution in [-0.4, -0.2) is 82.7 Å². The summed E-state index contributed by atoms with van der Waals surface area (Å²) in [5, 5.41) is 3.74. The highest BCUT2D eigenvalue weighted by Crippen LogP contribution is 2.22. The summed E-state index contributed by atoms with van der Waals surface area (Å²) in [6.45, 7) is 3.25. The van der Waals surface area contributed by atoms with Gasteiger partial charge in [0.1, 0.15) is 0 Å². The summed E-state index contributed by atoms with van der Waals surface area (Å²) in [6.07, 6.45) is 5.16. The van der Waals surface area contributed by atoms with Gasteiger partial charge in [-0.05, 0) is 38.8 Å². The summed E-state index contributed by atoms with van der Waals surface area (Å²) in [7, 11) is 2.14. The molecule has 2 aliphatic rings. The van der Waals surface area contributed by atoms with Gasteiger partial charge in [-0.2, -0.15) is 13.9 Å². The molecule has 25 heavy (non-hydrogen) atoms. The van der Waals surface area contributed by atoms with Crippen molar-refractivity contribution in [1.82, 2.24) is 24.5 Å². The van der Waals surface area contributed by atoms with Crippen LogP contribution in [0.1, 0.15) is 42.7 Å². The molecule has 0 radical (unpaired) electrons. The minimum Gasteiger partial charge on any atom is -0.334 e. The lowest BCUT2D eigenvalue weighted by molar-refractivity contribution is 0.0511. The molecule has 0 N–H and O–H groups in total. The van der Waals surface area contributed by atoms with E-state index < -0.39 is 6.55 Å². The van der Waals surface area contributed by atoms with E-state index in [-0.39, 0.29) is 17.6 Å². The topological polar surface area (TPSA) is 44.6 Å². The Morgan fingerprint density at radius 2 is 2.00 bits per heavy atom. The molecule has 0 aliphatic carbocycles. The fourth-order valence-corrected chi connectivity index (χ4v) is 3.68. The lowest BCUT2D eigenvalue weighted by Crippen LogP contribution is -2.48. The second-order valence-electron chi connectivity index (χ2n) is 7.04. The van der Waals surface area contributed by atoms with Gasteiger partial charge in [0, 0.05) is 51.5 Å². The van der Waals surface area contributed by atoms with E-state index in [1.54, 1.807) is 0 Å². The van der Waals surface area contributed by atoms with Crippen molar-refractivity contribution in [1.29, 1.82) is 0 Å². The molecular weight excluding hydrogens is 328 g/mol. The number of halogens is 2. The maximum atomic E-state index is 12.7. The van der Waals surface area contributed by atoms with Gasteiger partial charge in [-0.15, -0.1) is 0 Å². The molecule has 1 atom stereocenters. The van der Waals surface area contributed by atoms with Crippen molar-refractivity contribution in [3.63, 3.8) is 0 Å². The average molecular weight is 355 g/mol. The van der Waals surface area contributed by atoms with E-state index in [1.165, 1.54) is 12.3 Å². The number of alkyl halides is 2. The fraction of sp³-hybridized carbons (Fsp3) is 0.765. The number of piperazine rings is 1. The van der Waals surface area contributed by atoms with Crippen molar-refractivity contribution in [3.05, 3.63) is 18.0 Å². The average Bonchev–Trinajstić information content (AvgIpc) is 3.11. The van der Waals surface area contributed by atoms with Crippen LogP contribution in [0.4, 0.5) is 8.78 Å². The molecule has 0 aromatic carbocycles. The van der Waals surface area contributed by atoms with Crippen LogP contribution in [0, 0.1) is 0 Å². The molecule has 1 aromatic heterocycles. The number of nitrogens with zero attached hydrogens (tertiary/aromatic N) is 5. The number of carbonyl (C=O) groups excluding carboxylic acids is 1. The third-order valence-corrected chi connectivity index (χ3v) is 5.29. The van der Waals surface area contributed by atoms with Crippen molar-refractivity contribution in [2.75, 3.05) is 46.3 Å². The lowest BCUT2D eigenvalue weighted by atomic mass is 9.98. The third-order valence-electron chi connectivity index (χ3n) is 5.29. The van der Waals surface area contributed by atoms with Gasteiger partial charge < -0.3 is 14.7 Å². The minimum absolute atomic E-state index is 0.117. The standard InChI is InChI=1S/C17H27F2N5O/c1-21-10-12-22(13-11-21)8-5-14-4-2-3-7-23(14)16(25)15-6-9-24(20-15)17(18)19/h6,9,14,17H,2-5,7-8,10-13H2,1H3/t14-/m0/s1. The number of likely N-dealkylation sites (tertiary alicyclic amines) is 1. The molecule has 2 aliphatic heterocycles. The highest BCUT2D eigenvalue weighted by molar-refractivity contribution is 5.92. The van der Waals surface area contributed by atoms with E-state index in [0.29, 0.717) is 11.2 Å². The van der Waals surface area contributed by atoms with Crippen molar-refractivity contribution >= 4 is 5.91 Å². The fourth-order valence-electron chi connectivity index (χ4n) is 3.68. The predicted molar refractivity (Wildman–Crippen MR) is 90.7 cm³/mol. The summed E-state index contributed by atoms with van der Waals surface area (Å²) in [4.78, 5) is 19.3. The quantitative estimate of drug-likeness (QED) is 0.809. The molecular formula is C17H27F2N5O. The van der Waals surface area contributed by atoms with E-state index in [2.05, 4.69) is 21.9 Å². The molecule has 3 heterocycles. The third kappa shape index (κ3) is 4.55. The normalized spacial score (nSPS) is 23.4. The second kappa shape index (κ2) is 8.23. The summed E-state index contributed by atoms with van der Waals surface area (Å²) in [6, 6.07) is 1.57. The zero-order chi connectivity index (χ0) is 17.8. The summed E-state index contributed by atoms with van der Waals surface area (Å²) in [5.74, 6) is -0.220. The summed E-state index contributed by atoms with van der Waals surface area (Å²) < 4.78 is 25.9. The molecule has 140 valence electrons. The summed E-state index contributed by atoms with van der Waals surface area (Å²) >= 11 is 0. The highest BCUT2D eigenvalue weighted by Gasteiger charge is 2.29. The maximum Gasteiger partial charge on any atom is 0.333 e. The smallest absolute Gasteiger partial charge is 0.333 e. The van der Waals surface area contributed by atoms with Crippen LogP contribution in [-0.2, 0) is 0 Å².